The van der Waals surface area contributed by atoms with Crippen LogP contribution in [0.2, 0.25) is 0 Å². The average molecular weight is 263 g/mol. The molecule has 0 spiro atoms. The Morgan fingerprint density at radius 1 is 1.50 bits per heavy atom. The van der Waals surface area contributed by atoms with Crippen molar-refractivity contribution >= 4 is 21.9 Å². The number of rotatable bonds is 6. The van der Waals surface area contributed by atoms with Gasteiger partial charge >= 0.3 is 5.97 Å². The molecule has 3 heteroatoms. The molecule has 1 atom stereocenters. The van der Waals surface area contributed by atoms with Crippen molar-refractivity contribution in [1.82, 2.24) is 0 Å². The molecule has 0 amide bonds. The zero-order valence-electron chi connectivity index (χ0n) is 9.18. The van der Waals surface area contributed by atoms with Gasteiger partial charge in [-0.05, 0) is 26.3 Å². The molecule has 0 rings (SSSR count). The highest BCUT2D eigenvalue weighted by Crippen LogP contribution is 2.11. The van der Waals surface area contributed by atoms with Crippen molar-refractivity contribution in [3.8, 4) is 0 Å². The third-order valence-electron chi connectivity index (χ3n) is 1.78. The standard InChI is InChI=1S/C11H19BrO2/c1-4-5-6-10(12)11(13)14-8-7-9(2)3/h7,10H,4-6,8H2,1-3H3. The number of unbranched alkanes of at least 4 members (excludes halogenated alkanes) is 1. The van der Waals surface area contributed by atoms with Crippen LogP contribution in [0.4, 0.5) is 0 Å². The van der Waals surface area contributed by atoms with E-state index in [9.17, 15) is 4.79 Å². The SMILES string of the molecule is CCCCC(Br)C(=O)OCC=C(C)C. The van der Waals surface area contributed by atoms with Crippen LogP contribution in [0.5, 0.6) is 0 Å². The average Bonchev–Trinajstić information content (AvgIpc) is 2.13. The molecule has 14 heavy (non-hydrogen) atoms. The number of carbonyl (C=O) groups is 1. The van der Waals surface area contributed by atoms with E-state index in [0.29, 0.717) is 6.61 Å². The molecule has 0 aromatic rings. The van der Waals surface area contributed by atoms with E-state index >= 15 is 0 Å². The maximum atomic E-state index is 11.3. The fourth-order valence-electron chi connectivity index (χ4n) is 0.882. The molecule has 0 saturated carbocycles. The minimum absolute atomic E-state index is 0.145. The summed E-state index contributed by atoms with van der Waals surface area (Å²) in [5.41, 5.74) is 1.16. The van der Waals surface area contributed by atoms with Crippen molar-refractivity contribution in [2.75, 3.05) is 6.61 Å². The summed E-state index contributed by atoms with van der Waals surface area (Å²) in [6.45, 7) is 6.46. The Morgan fingerprint density at radius 2 is 2.14 bits per heavy atom. The Hall–Kier alpha value is -0.310. The fourth-order valence-corrected chi connectivity index (χ4v) is 1.34. The van der Waals surface area contributed by atoms with Crippen molar-refractivity contribution in [3.05, 3.63) is 11.6 Å². The second-order valence-electron chi connectivity index (χ2n) is 3.52. The van der Waals surface area contributed by atoms with Crippen LogP contribution in [-0.2, 0) is 9.53 Å². The van der Waals surface area contributed by atoms with Crippen LogP contribution in [0, 0.1) is 0 Å². The number of esters is 1. The largest absolute Gasteiger partial charge is 0.461 e. The highest BCUT2D eigenvalue weighted by atomic mass is 79.9. The molecule has 0 fully saturated rings. The molecule has 82 valence electrons. The van der Waals surface area contributed by atoms with E-state index in [4.69, 9.17) is 4.74 Å². The molecular weight excluding hydrogens is 244 g/mol. The van der Waals surface area contributed by atoms with Gasteiger partial charge in [0.25, 0.3) is 0 Å². The van der Waals surface area contributed by atoms with Gasteiger partial charge in [-0.25, -0.2) is 0 Å². The Bertz CT molecular complexity index is 195. The topological polar surface area (TPSA) is 26.3 Å². The molecule has 0 aliphatic carbocycles. The van der Waals surface area contributed by atoms with Gasteiger partial charge in [-0.2, -0.15) is 0 Å². The normalized spacial score (nSPS) is 12.0. The van der Waals surface area contributed by atoms with E-state index in [2.05, 4.69) is 22.9 Å². The Morgan fingerprint density at radius 3 is 2.64 bits per heavy atom. The molecule has 0 N–H and O–H groups in total. The van der Waals surface area contributed by atoms with E-state index in [1.807, 2.05) is 19.9 Å². The first-order valence-corrected chi connectivity index (χ1v) is 5.93. The maximum Gasteiger partial charge on any atom is 0.320 e. The van der Waals surface area contributed by atoms with Crippen molar-refractivity contribution in [1.29, 1.82) is 0 Å². The van der Waals surface area contributed by atoms with Gasteiger partial charge < -0.3 is 4.74 Å². The summed E-state index contributed by atoms with van der Waals surface area (Å²) in [7, 11) is 0. The number of allylic oxidation sites excluding steroid dienone is 1. The van der Waals surface area contributed by atoms with E-state index in [0.717, 1.165) is 24.8 Å². The van der Waals surface area contributed by atoms with Gasteiger partial charge in [0.1, 0.15) is 11.4 Å². The van der Waals surface area contributed by atoms with Crippen LogP contribution in [0.1, 0.15) is 40.0 Å². The predicted octanol–water partition coefficient (Wildman–Crippen LogP) is 3.45. The summed E-state index contributed by atoms with van der Waals surface area (Å²) in [5.74, 6) is -0.157. The minimum Gasteiger partial charge on any atom is -0.461 e. The first kappa shape index (κ1) is 13.7. The zero-order chi connectivity index (χ0) is 11.0. The van der Waals surface area contributed by atoms with Crippen molar-refractivity contribution in [3.63, 3.8) is 0 Å². The lowest BCUT2D eigenvalue weighted by Crippen LogP contribution is -2.17. The molecular formula is C11H19BrO2. The molecule has 0 heterocycles. The fraction of sp³-hybridized carbons (Fsp3) is 0.727. The van der Waals surface area contributed by atoms with Crippen LogP contribution in [0.15, 0.2) is 11.6 Å². The van der Waals surface area contributed by atoms with Gasteiger partial charge in [0, 0.05) is 0 Å². The monoisotopic (exact) mass is 262 g/mol. The Labute approximate surface area is 94.8 Å². The second kappa shape index (κ2) is 8.04. The molecule has 0 aromatic heterocycles. The minimum atomic E-state index is -0.157. The number of hydrogen-bond acceptors (Lipinski definition) is 2. The Kier molecular flexibility index (Phi) is 7.86. The van der Waals surface area contributed by atoms with Gasteiger partial charge in [0.2, 0.25) is 0 Å². The van der Waals surface area contributed by atoms with E-state index in [-0.39, 0.29) is 10.8 Å². The molecule has 0 aliphatic heterocycles. The molecule has 0 saturated heterocycles. The summed E-state index contributed by atoms with van der Waals surface area (Å²) in [6.07, 6.45) is 4.90. The summed E-state index contributed by atoms with van der Waals surface area (Å²) in [6, 6.07) is 0. The highest BCUT2D eigenvalue weighted by molar-refractivity contribution is 9.10. The van der Waals surface area contributed by atoms with Crippen LogP contribution < -0.4 is 0 Å². The lowest BCUT2D eigenvalue weighted by molar-refractivity contribution is -0.141. The van der Waals surface area contributed by atoms with Crippen LogP contribution in [0.25, 0.3) is 0 Å². The lowest BCUT2D eigenvalue weighted by atomic mass is 10.2. The van der Waals surface area contributed by atoms with Crippen LogP contribution in [0.3, 0.4) is 0 Å². The van der Waals surface area contributed by atoms with E-state index < -0.39 is 0 Å². The van der Waals surface area contributed by atoms with E-state index in [1.165, 1.54) is 0 Å². The molecule has 2 nitrogen and oxygen atoms in total. The van der Waals surface area contributed by atoms with Crippen molar-refractivity contribution in [2.45, 2.75) is 44.9 Å². The Balaban J connectivity index is 3.67. The number of carbonyl (C=O) groups excluding carboxylic acids is 1. The smallest absolute Gasteiger partial charge is 0.320 e. The summed E-state index contributed by atoms with van der Waals surface area (Å²) < 4.78 is 5.05. The van der Waals surface area contributed by atoms with Crippen LogP contribution in [-0.4, -0.2) is 17.4 Å². The van der Waals surface area contributed by atoms with Gasteiger partial charge in [-0.3, -0.25) is 4.79 Å². The quantitative estimate of drug-likeness (QED) is 0.417. The molecule has 0 bridgehead atoms. The third kappa shape index (κ3) is 7.13. The second-order valence-corrected chi connectivity index (χ2v) is 4.63. The number of halogens is 1. The maximum absolute atomic E-state index is 11.3. The van der Waals surface area contributed by atoms with Crippen molar-refractivity contribution in [2.24, 2.45) is 0 Å². The molecule has 0 aliphatic rings. The number of hydrogen-bond donors (Lipinski definition) is 0. The predicted molar refractivity (Wildman–Crippen MR) is 62.6 cm³/mol. The summed E-state index contributed by atoms with van der Waals surface area (Å²) in [5, 5.41) is 0. The van der Waals surface area contributed by atoms with Gasteiger partial charge in [-0.1, -0.05) is 41.3 Å². The number of ether oxygens (including phenoxy) is 1. The number of alkyl halides is 1. The van der Waals surface area contributed by atoms with Gasteiger partial charge in [0.05, 0.1) is 0 Å². The molecule has 0 aromatic carbocycles. The van der Waals surface area contributed by atoms with Gasteiger partial charge in [0.15, 0.2) is 0 Å². The first-order valence-electron chi connectivity index (χ1n) is 5.02. The van der Waals surface area contributed by atoms with E-state index in [1.54, 1.807) is 0 Å². The molecule has 1 unspecified atom stereocenters. The summed E-state index contributed by atoms with van der Waals surface area (Å²) in [4.78, 5) is 11.2. The molecule has 0 radical (unpaired) electrons. The lowest BCUT2D eigenvalue weighted by Gasteiger charge is -2.07. The zero-order valence-corrected chi connectivity index (χ0v) is 10.8. The van der Waals surface area contributed by atoms with Crippen molar-refractivity contribution < 1.29 is 9.53 Å². The van der Waals surface area contributed by atoms with Gasteiger partial charge in [-0.15, -0.1) is 0 Å². The van der Waals surface area contributed by atoms with Crippen LogP contribution >= 0.6 is 15.9 Å². The first-order chi connectivity index (χ1) is 6.57. The summed E-state index contributed by atoms with van der Waals surface area (Å²) >= 11 is 3.32. The highest BCUT2D eigenvalue weighted by Gasteiger charge is 2.14. The third-order valence-corrected chi connectivity index (χ3v) is 2.62.